The molecule has 4 rings (SSSR count). The maximum atomic E-state index is 14.0. The van der Waals surface area contributed by atoms with Crippen molar-refractivity contribution in [1.82, 2.24) is 15.2 Å². The molecule has 2 heterocycles. The van der Waals surface area contributed by atoms with Crippen LogP contribution in [-0.2, 0) is 4.79 Å². The van der Waals surface area contributed by atoms with Crippen molar-refractivity contribution in [3.05, 3.63) is 36.0 Å². The molecule has 1 saturated carbocycles. The lowest BCUT2D eigenvalue weighted by Crippen LogP contribution is -2.47. The zero-order valence-electron chi connectivity index (χ0n) is 15.2. The van der Waals surface area contributed by atoms with Gasteiger partial charge in [-0.05, 0) is 31.0 Å². The second kappa shape index (κ2) is 7.35. The van der Waals surface area contributed by atoms with Gasteiger partial charge in [-0.3, -0.25) is 14.6 Å². The summed E-state index contributed by atoms with van der Waals surface area (Å²) in [5, 5.41) is 22.3. The number of aliphatic hydroxyl groups is 1. The summed E-state index contributed by atoms with van der Waals surface area (Å²) in [6.07, 6.45) is 0.932. The minimum absolute atomic E-state index is 0.0187. The Kier molecular flexibility index (Phi) is 4.89. The molecule has 2 aromatic rings. The molecule has 7 nitrogen and oxygen atoms in total. The van der Waals surface area contributed by atoms with Crippen LogP contribution in [0.3, 0.4) is 0 Å². The number of aliphatic hydroxyl groups excluding tert-OH is 1. The Bertz CT molecular complexity index is 915. The van der Waals surface area contributed by atoms with Crippen LogP contribution in [0.15, 0.2) is 30.5 Å². The fourth-order valence-electron chi connectivity index (χ4n) is 3.86. The number of aromatic hydroxyl groups is 1. The van der Waals surface area contributed by atoms with E-state index < -0.39 is 18.3 Å². The van der Waals surface area contributed by atoms with Crippen LogP contribution in [-0.4, -0.2) is 63.3 Å². The highest BCUT2D eigenvalue weighted by atomic mass is 19.1. The van der Waals surface area contributed by atoms with Crippen LogP contribution >= 0.6 is 0 Å². The zero-order chi connectivity index (χ0) is 19.8. The van der Waals surface area contributed by atoms with Crippen molar-refractivity contribution in [1.29, 1.82) is 0 Å². The quantitative estimate of drug-likeness (QED) is 0.736. The molecule has 1 aliphatic carbocycles. The molecule has 28 heavy (non-hydrogen) atoms. The van der Waals surface area contributed by atoms with Gasteiger partial charge in [0.25, 0.3) is 5.91 Å². The second-order valence-corrected chi connectivity index (χ2v) is 7.61. The third-order valence-electron chi connectivity index (χ3n) is 5.53. The van der Waals surface area contributed by atoms with E-state index >= 15 is 0 Å². The Morgan fingerprint density at radius 1 is 1.25 bits per heavy atom. The number of nitrogens with zero attached hydrogens (tertiary/aromatic N) is 2. The Hall–Kier alpha value is -2.74. The van der Waals surface area contributed by atoms with Gasteiger partial charge < -0.3 is 20.4 Å². The molecule has 3 N–H and O–H groups in total. The number of hydrogen-bond acceptors (Lipinski definition) is 5. The molecule has 0 bridgehead atoms. The first-order chi connectivity index (χ1) is 13.4. The van der Waals surface area contributed by atoms with Crippen molar-refractivity contribution >= 4 is 22.7 Å². The summed E-state index contributed by atoms with van der Waals surface area (Å²) >= 11 is 0. The number of benzene rings is 1. The van der Waals surface area contributed by atoms with Crippen LogP contribution in [0, 0.1) is 5.92 Å². The normalized spacial score (nSPS) is 26.9. The lowest BCUT2D eigenvalue weighted by atomic mass is 9.82. The minimum Gasteiger partial charge on any atom is -0.508 e. The predicted molar refractivity (Wildman–Crippen MR) is 99.5 cm³/mol. The van der Waals surface area contributed by atoms with E-state index in [0.717, 1.165) is 0 Å². The van der Waals surface area contributed by atoms with E-state index in [9.17, 15) is 24.2 Å². The predicted octanol–water partition coefficient (Wildman–Crippen LogP) is 1.38. The maximum Gasteiger partial charge on any atom is 0.255 e. The third-order valence-corrected chi connectivity index (χ3v) is 5.53. The number of phenols is 1. The Labute approximate surface area is 161 Å². The van der Waals surface area contributed by atoms with E-state index in [2.05, 4.69) is 10.3 Å². The number of carbonyl (C=O) groups excluding carboxylic acids is 2. The van der Waals surface area contributed by atoms with Crippen molar-refractivity contribution in [3.63, 3.8) is 0 Å². The minimum atomic E-state index is -1.14. The molecular weight excluding hydrogens is 365 g/mol. The summed E-state index contributed by atoms with van der Waals surface area (Å²) in [4.78, 5) is 30.7. The number of rotatable bonds is 4. The van der Waals surface area contributed by atoms with E-state index in [-0.39, 0.29) is 43.0 Å². The Morgan fingerprint density at radius 3 is 2.79 bits per heavy atom. The average Bonchev–Trinajstić information content (AvgIpc) is 3.03. The van der Waals surface area contributed by atoms with Gasteiger partial charge >= 0.3 is 0 Å². The molecule has 2 atom stereocenters. The second-order valence-electron chi connectivity index (χ2n) is 7.61. The molecule has 148 valence electrons. The van der Waals surface area contributed by atoms with Gasteiger partial charge in [-0.25, -0.2) is 4.39 Å². The summed E-state index contributed by atoms with van der Waals surface area (Å²) in [5.74, 6) is -0.607. The van der Waals surface area contributed by atoms with Gasteiger partial charge in [0, 0.05) is 36.5 Å². The summed E-state index contributed by atoms with van der Waals surface area (Å²) < 4.78 is 14.0. The highest BCUT2D eigenvalue weighted by molar-refractivity contribution is 5.97. The number of likely N-dealkylation sites (tertiary alicyclic amines) is 1. The molecule has 0 unspecified atom stereocenters. The maximum absolute atomic E-state index is 14.0. The van der Waals surface area contributed by atoms with Crippen LogP contribution in [0.1, 0.15) is 29.6 Å². The number of carbonyl (C=O) groups is 2. The van der Waals surface area contributed by atoms with Crippen LogP contribution < -0.4 is 5.32 Å². The number of aromatic nitrogens is 1. The Balaban J connectivity index is 1.45. The fourth-order valence-corrected chi connectivity index (χ4v) is 3.86. The summed E-state index contributed by atoms with van der Waals surface area (Å²) in [5.41, 5.74) is 0.901. The highest BCUT2D eigenvalue weighted by Gasteiger charge is 2.38. The van der Waals surface area contributed by atoms with Gasteiger partial charge in [-0.15, -0.1) is 0 Å². The molecule has 1 saturated heterocycles. The van der Waals surface area contributed by atoms with Crippen molar-refractivity contribution in [2.45, 2.75) is 37.6 Å². The van der Waals surface area contributed by atoms with E-state index in [4.69, 9.17) is 0 Å². The van der Waals surface area contributed by atoms with Crippen molar-refractivity contribution in [2.24, 2.45) is 5.92 Å². The topological polar surface area (TPSA) is 103 Å². The first-order valence-electron chi connectivity index (χ1n) is 9.40. The van der Waals surface area contributed by atoms with E-state index in [0.29, 0.717) is 29.3 Å². The molecule has 2 fully saturated rings. The molecule has 1 aliphatic heterocycles. The van der Waals surface area contributed by atoms with Crippen molar-refractivity contribution in [3.8, 4) is 5.75 Å². The van der Waals surface area contributed by atoms with Crippen LogP contribution in [0.4, 0.5) is 4.39 Å². The molecular formula is C20H22FN3O4. The SMILES string of the molecule is O=C(NC[C@@H]1C[C@H](F)CN1C(=O)c1cnc2cc(O)ccc2c1)C1CC(O)C1. The van der Waals surface area contributed by atoms with Gasteiger partial charge in [-0.1, -0.05) is 0 Å². The number of nitrogens with one attached hydrogen (secondary N) is 1. The zero-order valence-corrected chi connectivity index (χ0v) is 15.2. The van der Waals surface area contributed by atoms with Crippen molar-refractivity contribution < 1.29 is 24.2 Å². The first-order valence-corrected chi connectivity index (χ1v) is 9.40. The number of halogens is 1. The lowest BCUT2D eigenvalue weighted by molar-refractivity contribution is -0.131. The Morgan fingerprint density at radius 2 is 2.04 bits per heavy atom. The monoisotopic (exact) mass is 387 g/mol. The number of phenolic OH excluding ortho intramolecular Hbond substituents is 1. The lowest BCUT2D eigenvalue weighted by Gasteiger charge is -2.31. The van der Waals surface area contributed by atoms with E-state index in [1.165, 1.54) is 23.2 Å². The van der Waals surface area contributed by atoms with E-state index in [1.807, 2.05) is 0 Å². The van der Waals surface area contributed by atoms with E-state index in [1.54, 1.807) is 12.1 Å². The van der Waals surface area contributed by atoms with Crippen molar-refractivity contribution in [2.75, 3.05) is 13.1 Å². The molecule has 0 spiro atoms. The average molecular weight is 387 g/mol. The van der Waals surface area contributed by atoms with Crippen LogP contribution in [0.5, 0.6) is 5.75 Å². The number of fused-ring (bicyclic) bond motifs is 1. The van der Waals surface area contributed by atoms with Crippen LogP contribution in [0.2, 0.25) is 0 Å². The summed E-state index contributed by atoms with van der Waals surface area (Å²) in [6, 6.07) is 5.93. The smallest absolute Gasteiger partial charge is 0.255 e. The number of alkyl halides is 1. The molecule has 0 radical (unpaired) electrons. The molecule has 1 aromatic carbocycles. The van der Waals surface area contributed by atoms with Gasteiger partial charge in [0.05, 0.1) is 29.8 Å². The van der Waals surface area contributed by atoms with Gasteiger partial charge in [0.2, 0.25) is 5.91 Å². The standard InChI is InChI=1S/C20H22FN3O4/c21-14-6-15(9-23-19(27)12-4-17(26)5-12)24(10-14)20(28)13-3-11-1-2-16(25)7-18(11)22-8-13/h1-3,7-8,12,14-15,17,25-26H,4-6,9-10H2,(H,23,27)/t12?,14-,15-,17?/m0/s1. The first kappa shape index (κ1) is 18.6. The molecule has 1 aromatic heterocycles. The highest BCUT2D eigenvalue weighted by Crippen LogP contribution is 2.28. The number of hydrogen-bond donors (Lipinski definition) is 3. The van der Waals surface area contributed by atoms with Gasteiger partial charge in [-0.2, -0.15) is 0 Å². The van der Waals surface area contributed by atoms with Gasteiger partial charge in [0.1, 0.15) is 11.9 Å². The number of amides is 2. The molecule has 2 aliphatic rings. The third kappa shape index (κ3) is 3.64. The van der Waals surface area contributed by atoms with Gasteiger partial charge in [0.15, 0.2) is 0 Å². The van der Waals surface area contributed by atoms with Crippen LogP contribution in [0.25, 0.3) is 10.9 Å². The summed E-state index contributed by atoms with van der Waals surface area (Å²) in [7, 11) is 0. The largest absolute Gasteiger partial charge is 0.508 e. The fraction of sp³-hybridized carbons (Fsp3) is 0.450. The molecule has 2 amide bonds. The summed E-state index contributed by atoms with van der Waals surface area (Å²) in [6.45, 7) is 0.168. The molecule has 8 heteroatoms. The number of pyridine rings is 1.